The molecule has 3 heterocycles. The van der Waals surface area contributed by atoms with Crippen molar-refractivity contribution in [3.05, 3.63) is 23.4 Å². The van der Waals surface area contributed by atoms with Gasteiger partial charge in [-0.05, 0) is 74.5 Å². The van der Waals surface area contributed by atoms with Crippen molar-refractivity contribution in [3.8, 4) is 5.88 Å². The maximum Gasteiger partial charge on any atom is 0.246 e. The van der Waals surface area contributed by atoms with Crippen LogP contribution in [-0.4, -0.2) is 56.0 Å². The number of nitrogens with one attached hydrogen (secondary N) is 2. The number of amides is 1. The standard InChI is InChI=1S/C27H43N3O4/c1-26(2,3)14-20-13-22-23(15-27(8-5-9-27)34-25(22)29-16-20)28-10-6-21(30-24(31)18-32-4)12-19-7-11-33-17-19/h13,16,19,21,23,28H,5-12,14-15,17-18H2,1-4H3,(H,30,31)/t19?,21-,23?/m1/s1. The molecule has 2 unspecified atom stereocenters. The summed E-state index contributed by atoms with van der Waals surface area (Å²) in [6, 6.07) is 2.63. The number of fused-ring (bicyclic) bond motifs is 1. The number of rotatable bonds is 10. The molecule has 3 aliphatic rings. The first-order chi connectivity index (χ1) is 16.3. The van der Waals surface area contributed by atoms with Crippen molar-refractivity contribution in [2.75, 3.05) is 33.5 Å². The third-order valence-corrected chi connectivity index (χ3v) is 7.37. The zero-order chi connectivity index (χ0) is 24.2. The smallest absolute Gasteiger partial charge is 0.246 e. The zero-order valence-corrected chi connectivity index (χ0v) is 21.5. The van der Waals surface area contributed by atoms with Gasteiger partial charge in [-0.1, -0.05) is 20.8 Å². The topological polar surface area (TPSA) is 81.7 Å². The molecule has 1 aromatic rings. The van der Waals surface area contributed by atoms with Gasteiger partial charge in [-0.2, -0.15) is 0 Å². The van der Waals surface area contributed by atoms with Crippen LogP contribution in [0.2, 0.25) is 0 Å². The SMILES string of the molecule is COCC(=O)N[C@H](CCNC1CC2(CCC2)Oc2ncc(CC(C)(C)C)cc21)CC1CCOC1. The predicted octanol–water partition coefficient (Wildman–Crippen LogP) is 3.95. The number of carbonyl (C=O) groups excluding carboxylic acids is 1. The monoisotopic (exact) mass is 473 g/mol. The second-order valence-corrected chi connectivity index (χ2v) is 11.8. The predicted molar refractivity (Wildman–Crippen MR) is 132 cm³/mol. The minimum Gasteiger partial charge on any atom is -0.471 e. The second-order valence-electron chi connectivity index (χ2n) is 11.8. The summed E-state index contributed by atoms with van der Waals surface area (Å²) in [6.45, 7) is 9.33. The summed E-state index contributed by atoms with van der Waals surface area (Å²) in [5.74, 6) is 1.26. The molecule has 1 saturated carbocycles. The minimum atomic E-state index is -0.0590. The van der Waals surface area contributed by atoms with Gasteiger partial charge in [0, 0.05) is 50.6 Å². The summed E-state index contributed by atoms with van der Waals surface area (Å²) < 4.78 is 17.0. The summed E-state index contributed by atoms with van der Waals surface area (Å²) in [7, 11) is 1.56. The number of aromatic nitrogens is 1. The molecular formula is C27H43N3O4. The fourth-order valence-corrected chi connectivity index (χ4v) is 5.60. The molecule has 1 spiro atoms. The number of hydrogen-bond acceptors (Lipinski definition) is 6. The van der Waals surface area contributed by atoms with E-state index in [0.717, 1.165) is 70.6 Å². The zero-order valence-electron chi connectivity index (χ0n) is 21.5. The third-order valence-electron chi connectivity index (χ3n) is 7.37. The van der Waals surface area contributed by atoms with Gasteiger partial charge >= 0.3 is 0 Å². The molecule has 3 atom stereocenters. The van der Waals surface area contributed by atoms with Crippen LogP contribution in [0.1, 0.15) is 82.9 Å². The van der Waals surface area contributed by atoms with E-state index in [-0.39, 0.29) is 35.6 Å². The van der Waals surface area contributed by atoms with Crippen molar-refractivity contribution >= 4 is 5.91 Å². The maximum atomic E-state index is 12.2. The molecule has 34 heavy (non-hydrogen) atoms. The van der Waals surface area contributed by atoms with Gasteiger partial charge in [-0.15, -0.1) is 0 Å². The van der Waals surface area contributed by atoms with E-state index >= 15 is 0 Å². The number of methoxy groups -OCH3 is 1. The molecule has 7 nitrogen and oxygen atoms in total. The molecule has 0 radical (unpaired) electrons. The first-order valence-electron chi connectivity index (χ1n) is 13.0. The molecule has 2 fully saturated rings. The molecule has 1 amide bonds. The molecule has 0 aromatic carbocycles. The van der Waals surface area contributed by atoms with Crippen LogP contribution in [0.5, 0.6) is 5.88 Å². The van der Waals surface area contributed by atoms with Gasteiger partial charge in [0.15, 0.2) is 0 Å². The van der Waals surface area contributed by atoms with Gasteiger partial charge in [-0.3, -0.25) is 4.79 Å². The Morgan fingerprint density at radius 3 is 2.82 bits per heavy atom. The summed E-state index contributed by atoms with van der Waals surface area (Å²) in [5.41, 5.74) is 2.60. The quantitative estimate of drug-likeness (QED) is 0.535. The summed E-state index contributed by atoms with van der Waals surface area (Å²) in [4.78, 5) is 17.0. The van der Waals surface area contributed by atoms with Crippen LogP contribution in [0.25, 0.3) is 0 Å². The van der Waals surface area contributed by atoms with Crippen LogP contribution in [0.3, 0.4) is 0 Å². The summed E-state index contributed by atoms with van der Waals surface area (Å²) >= 11 is 0. The van der Waals surface area contributed by atoms with Gasteiger partial charge in [0.25, 0.3) is 0 Å². The highest BCUT2D eigenvalue weighted by Crippen LogP contribution is 2.48. The Kier molecular flexibility index (Phi) is 8.16. The Balaban J connectivity index is 1.42. The molecular weight excluding hydrogens is 430 g/mol. The molecule has 2 N–H and O–H groups in total. The highest BCUT2D eigenvalue weighted by molar-refractivity contribution is 5.77. The Hall–Kier alpha value is -1.70. The van der Waals surface area contributed by atoms with Crippen molar-refractivity contribution in [1.29, 1.82) is 0 Å². The van der Waals surface area contributed by atoms with E-state index in [4.69, 9.17) is 19.2 Å². The van der Waals surface area contributed by atoms with Crippen LogP contribution in [0, 0.1) is 11.3 Å². The van der Waals surface area contributed by atoms with Gasteiger partial charge in [-0.25, -0.2) is 4.98 Å². The number of pyridine rings is 1. The normalized spacial score (nSPS) is 24.2. The molecule has 2 aliphatic heterocycles. The van der Waals surface area contributed by atoms with Crippen molar-refractivity contribution in [2.45, 2.75) is 89.8 Å². The molecule has 0 bridgehead atoms. The van der Waals surface area contributed by atoms with E-state index < -0.39 is 0 Å². The summed E-state index contributed by atoms with van der Waals surface area (Å²) in [5, 5.41) is 7.00. The lowest BCUT2D eigenvalue weighted by atomic mass is 9.73. The van der Waals surface area contributed by atoms with Gasteiger partial charge in [0.05, 0.1) is 0 Å². The third kappa shape index (κ3) is 6.70. The highest BCUT2D eigenvalue weighted by Gasteiger charge is 2.46. The van der Waals surface area contributed by atoms with Crippen LogP contribution < -0.4 is 15.4 Å². The molecule has 7 heteroatoms. The van der Waals surface area contributed by atoms with E-state index in [1.54, 1.807) is 7.11 Å². The average Bonchev–Trinajstić information content (AvgIpc) is 3.24. The Morgan fingerprint density at radius 1 is 1.35 bits per heavy atom. The molecule has 1 aliphatic carbocycles. The van der Waals surface area contributed by atoms with Crippen molar-refractivity contribution in [1.82, 2.24) is 15.6 Å². The van der Waals surface area contributed by atoms with Crippen LogP contribution in [0.4, 0.5) is 0 Å². The van der Waals surface area contributed by atoms with E-state index in [2.05, 4.69) is 37.5 Å². The van der Waals surface area contributed by atoms with E-state index in [0.29, 0.717) is 5.92 Å². The fourth-order valence-electron chi connectivity index (χ4n) is 5.60. The number of nitrogens with zero attached hydrogens (tertiary/aromatic N) is 1. The second kappa shape index (κ2) is 10.9. The Morgan fingerprint density at radius 2 is 2.18 bits per heavy atom. The lowest BCUT2D eigenvalue weighted by Crippen LogP contribution is -2.49. The minimum absolute atomic E-state index is 0.0488. The van der Waals surface area contributed by atoms with Gasteiger partial charge < -0.3 is 24.8 Å². The molecule has 1 aromatic heterocycles. The fraction of sp³-hybridized carbons (Fsp3) is 0.778. The number of hydrogen-bond donors (Lipinski definition) is 2. The maximum absolute atomic E-state index is 12.2. The van der Waals surface area contributed by atoms with Gasteiger partial charge in [0.1, 0.15) is 12.2 Å². The molecule has 1 saturated heterocycles. The van der Waals surface area contributed by atoms with Crippen molar-refractivity contribution < 1.29 is 19.0 Å². The van der Waals surface area contributed by atoms with E-state index in [1.807, 2.05) is 6.20 Å². The van der Waals surface area contributed by atoms with Gasteiger partial charge in [0.2, 0.25) is 11.8 Å². The average molecular weight is 474 g/mol. The first-order valence-corrected chi connectivity index (χ1v) is 13.0. The largest absolute Gasteiger partial charge is 0.471 e. The van der Waals surface area contributed by atoms with Crippen molar-refractivity contribution in [3.63, 3.8) is 0 Å². The molecule has 190 valence electrons. The Labute approximate surface area is 204 Å². The Bertz CT molecular complexity index is 828. The van der Waals surface area contributed by atoms with Crippen LogP contribution >= 0.6 is 0 Å². The van der Waals surface area contributed by atoms with Crippen LogP contribution in [0.15, 0.2) is 12.3 Å². The first kappa shape index (κ1) is 25.4. The lowest BCUT2D eigenvalue weighted by molar-refractivity contribution is -0.125. The van der Waals surface area contributed by atoms with Crippen molar-refractivity contribution in [2.24, 2.45) is 11.3 Å². The summed E-state index contributed by atoms with van der Waals surface area (Å²) in [6.07, 6.45) is 10.3. The van der Waals surface area contributed by atoms with E-state index in [9.17, 15) is 4.79 Å². The highest BCUT2D eigenvalue weighted by atomic mass is 16.5. The molecule has 4 rings (SSSR count). The van der Waals surface area contributed by atoms with E-state index in [1.165, 1.54) is 17.5 Å². The lowest BCUT2D eigenvalue weighted by Gasteiger charge is -2.47. The van der Waals surface area contributed by atoms with Crippen LogP contribution in [-0.2, 0) is 20.7 Å². The number of carbonyl (C=O) groups is 1. The number of ether oxygens (including phenoxy) is 3.